The van der Waals surface area contributed by atoms with Crippen molar-refractivity contribution >= 4 is 28.4 Å². The molecule has 1 heterocycles. The van der Waals surface area contributed by atoms with Gasteiger partial charge in [0.1, 0.15) is 12.4 Å². The first-order valence-electron chi connectivity index (χ1n) is 7.60. The van der Waals surface area contributed by atoms with Crippen molar-refractivity contribution in [2.45, 2.75) is 20.0 Å². The highest BCUT2D eigenvalue weighted by atomic mass is 35.5. The fourth-order valence-corrected chi connectivity index (χ4v) is 2.64. The average Bonchev–Trinajstić information content (AvgIpc) is 2.59. The number of hydrogen-bond donors (Lipinski definition) is 1. The molecule has 1 aromatic heterocycles. The van der Waals surface area contributed by atoms with Gasteiger partial charge in [-0.05, 0) is 42.3 Å². The molecule has 0 saturated heterocycles. The van der Waals surface area contributed by atoms with E-state index in [1.807, 2.05) is 0 Å². The summed E-state index contributed by atoms with van der Waals surface area (Å²) in [6, 6.07) is 9.47. The molecule has 0 atom stereocenters. The van der Waals surface area contributed by atoms with E-state index in [9.17, 15) is 14.0 Å². The van der Waals surface area contributed by atoms with Crippen LogP contribution < -0.4 is 10.9 Å². The highest BCUT2D eigenvalue weighted by molar-refractivity contribution is 6.31. The zero-order valence-corrected chi connectivity index (χ0v) is 14.2. The molecule has 3 aromatic rings. The highest BCUT2D eigenvalue weighted by Crippen LogP contribution is 2.14. The van der Waals surface area contributed by atoms with E-state index in [1.54, 1.807) is 31.2 Å². The maximum atomic E-state index is 13.2. The van der Waals surface area contributed by atoms with Crippen LogP contribution in [0.25, 0.3) is 10.9 Å². The van der Waals surface area contributed by atoms with Crippen molar-refractivity contribution in [3.05, 3.63) is 75.0 Å². The second-order valence-electron chi connectivity index (χ2n) is 5.70. The average molecular weight is 360 g/mol. The van der Waals surface area contributed by atoms with Crippen LogP contribution in [0.1, 0.15) is 11.1 Å². The van der Waals surface area contributed by atoms with Gasteiger partial charge < -0.3 is 5.32 Å². The zero-order chi connectivity index (χ0) is 18.0. The van der Waals surface area contributed by atoms with E-state index in [4.69, 9.17) is 11.6 Å². The fraction of sp³-hybridized carbons (Fsp3) is 0.167. The second-order valence-corrected chi connectivity index (χ2v) is 6.14. The Bertz CT molecular complexity index is 1020. The molecule has 0 radical (unpaired) electrons. The summed E-state index contributed by atoms with van der Waals surface area (Å²) in [6.07, 6.45) is 1.33. The van der Waals surface area contributed by atoms with Gasteiger partial charge in [-0.25, -0.2) is 9.37 Å². The number of aromatic nitrogens is 2. The maximum Gasteiger partial charge on any atom is 0.261 e. The number of nitrogens with zero attached hydrogens (tertiary/aromatic N) is 2. The number of halogens is 2. The monoisotopic (exact) mass is 359 g/mol. The molecule has 3 rings (SSSR count). The van der Waals surface area contributed by atoms with Crippen molar-refractivity contribution in [3.8, 4) is 0 Å². The lowest BCUT2D eigenvalue weighted by Gasteiger charge is -2.09. The van der Waals surface area contributed by atoms with Crippen LogP contribution in [0.5, 0.6) is 0 Å². The van der Waals surface area contributed by atoms with Crippen LogP contribution in [-0.4, -0.2) is 15.5 Å². The van der Waals surface area contributed by atoms with Crippen LogP contribution >= 0.6 is 11.6 Å². The van der Waals surface area contributed by atoms with E-state index in [1.165, 1.54) is 23.0 Å². The lowest BCUT2D eigenvalue weighted by molar-refractivity contribution is -0.121. The number of hydrogen-bond acceptors (Lipinski definition) is 3. The van der Waals surface area contributed by atoms with E-state index < -0.39 is 0 Å². The fourth-order valence-electron chi connectivity index (χ4n) is 2.47. The van der Waals surface area contributed by atoms with Crippen LogP contribution in [0.2, 0.25) is 5.02 Å². The van der Waals surface area contributed by atoms with Gasteiger partial charge in [0.05, 0.1) is 17.2 Å². The lowest BCUT2D eigenvalue weighted by Crippen LogP contribution is -2.32. The van der Waals surface area contributed by atoms with Gasteiger partial charge >= 0.3 is 0 Å². The number of aryl methyl sites for hydroxylation is 1. The predicted molar refractivity (Wildman–Crippen MR) is 94.0 cm³/mol. The summed E-state index contributed by atoms with van der Waals surface area (Å²) in [4.78, 5) is 28.7. The molecule has 7 heteroatoms. The first-order valence-corrected chi connectivity index (χ1v) is 7.98. The van der Waals surface area contributed by atoms with Crippen molar-refractivity contribution in [2.75, 3.05) is 0 Å². The third-order valence-electron chi connectivity index (χ3n) is 3.81. The van der Waals surface area contributed by atoms with Crippen LogP contribution in [0.3, 0.4) is 0 Å². The Morgan fingerprint density at radius 3 is 2.84 bits per heavy atom. The summed E-state index contributed by atoms with van der Waals surface area (Å²) in [6.45, 7) is 1.75. The quantitative estimate of drug-likeness (QED) is 0.779. The van der Waals surface area contributed by atoms with Gasteiger partial charge in [0.15, 0.2) is 0 Å². The molecule has 0 unspecified atom stereocenters. The molecular formula is C18H15ClFN3O2. The Labute approximate surface area is 148 Å². The zero-order valence-electron chi connectivity index (χ0n) is 13.4. The van der Waals surface area contributed by atoms with Gasteiger partial charge in [-0.2, -0.15) is 0 Å². The first-order chi connectivity index (χ1) is 11.9. The maximum absolute atomic E-state index is 13.2. The van der Waals surface area contributed by atoms with Crippen molar-refractivity contribution in [1.29, 1.82) is 0 Å². The number of benzene rings is 2. The van der Waals surface area contributed by atoms with Crippen molar-refractivity contribution in [2.24, 2.45) is 0 Å². The van der Waals surface area contributed by atoms with Gasteiger partial charge in [0.2, 0.25) is 5.91 Å². The molecule has 0 aliphatic heterocycles. The van der Waals surface area contributed by atoms with E-state index in [2.05, 4.69) is 10.3 Å². The van der Waals surface area contributed by atoms with E-state index in [-0.39, 0.29) is 30.4 Å². The van der Waals surface area contributed by atoms with Crippen molar-refractivity contribution in [1.82, 2.24) is 14.9 Å². The molecule has 0 bridgehead atoms. The molecule has 2 aromatic carbocycles. The molecule has 25 heavy (non-hydrogen) atoms. The Morgan fingerprint density at radius 2 is 2.08 bits per heavy atom. The molecule has 1 N–H and O–H groups in total. The Hall–Kier alpha value is -2.73. The molecule has 0 spiro atoms. The molecule has 0 aliphatic rings. The minimum atomic E-state index is -0.341. The summed E-state index contributed by atoms with van der Waals surface area (Å²) >= 11 is 5.91. The number of rotatable bonds is 4. The molecule has 5 nitrogen and oxygen atoms in total. The Morgan fingerprint density at radius 1 is 1.28 bits per heavy atom. The summed E-state index contributed by atoms with van der Waals surface area (Å²) in [7, 11) is 0. The van der Waals surface area contributed by atoms with Crippen LogP contribution in [0, 0.1) is 12.7 Å². The van der Waals surface area contributed by atoms with Gasteiger partial charge in [-0.15, -0.1) is 0 Å². The first kappa shape index (κ1) is 17.1. The molecule has 1 amide bonds. The minimum Gasteiger partial charge on any atom is -0.350 e. The third kappa shape index (κ3) is 3.85. The number of amides is 1. The molecule has 0 fully saturated rings. The molecule has 0 saturated carbocycles. The summed E-state index contributed by atoms with van der Waals surface area (Å²) < 4.78 is 14.5. The SMILES string of the molecule is Cc1cc(CNC(=O)Cn2cnc3ccc(Cl)cc3c2=O)ccc1F. The van der Waals surface area contributed by atoms with Crippen LogP contribution in [-0.2, 0) is 17.9 Å². The highest BCUT2D eigenvalue weighted by Gasteiger charge is 2.09. The second kappa shape index (κ2) is 7.03. The minimum absolute atomic E-state index is 0.158. The number of nitrogens with one attached hydrogen (secondary N) is 1. The van der Waals surface area contributed by atoms with Gasteiger partial charge in [0, 0.05) is 11.6 Å². The Kier molecular flexibility index (Phi) is 4.81. The van der Waals surface area contributed by atoms with Gasteiger partial charge in [0.25, 0.3) is 5.56 Å². The van der Waals surface area contributed by atoms with Crippen LogP contribution in [0.4, 0.5) is 4.39 Å². The normalized spacial score (nSPS) is 10.8. The summed E-state index contributed by atoms with van der Waals surface area (Å²) in [5.41, 5.74) is 1.48. The van der Waals surface area contributed by atoms with E-state index >= 15 is 0 Å². The molecular weight excluding hydrogens is 345 g/mol. The number of carbonyl (C=O) groups is 1. The smallest absolute Gasteiger partial charge is 0.261 e. The standard InChI is InChI=1S/C18H15ClFN3O2/c1-11-6-12(2-4-15(11)20)8-21-17(24)9-23-10-22-16-5-3-13(19)7-14(16)18(23)25/h2-7,10H,8-9H2,1H3,(H,21,24). The predicted octanol–water partition coefficient (Wildman–Crippen LogP) is 2.81. The lowest BCUT2D eigenvalue weighted by atomic mass is 10.1. The van der Waals surface area contributed by atoms with E-state index in [0.717, 1.165) is 5.56 Å². The largest absolute Gasteiger partial charge is 0.350 e. The van der Waals surface area contributed by atoms with Gasteiger partial charge in [-0.3, -0.25) is 14.2 Å². The van der Waals surface area contributed by atoms with Crippen LogP contribution in [0.15, 0.2) is 47.5 Å². The van der Waals surface area contributed by atoms with Gasteiger partial charge in [-0.1, -0.05) is 23.7 Å². The Balaban J connectivity index is 1.72. The summed E-state index contributed by atoms with van der Waals surface area (Å²) in [5, 5.41) is 3.49. The molecule has 128 valence electrons. The van der Waals surface area contributed by atoms with E-state index in [0.29, 0.717) is 21.5 Å². The van der Waals surface area contributed by atoms with Crippen molar-refractivity contribution in [3.63, 3.8) is 0 Å². The van der Waals surface area contributed by atoms with Crippen molar-refractivity contribution < 1.29 is 9.18 Å². The topological polar surface area (TPSA) is 64.0 Å². The third-order valence-corrected chi connectivity index (χ3v) is 4.05. The molecule has 0 aliphatic carbocycles. The number of fused-ring (bicyclic) bond motifs is 1. The summed E-state index contributed by atoms with van der Waals surface area (Å²) in [5.74, 6) is -0.630. The number of carbonyl (C=O) groups excluding carboxylic acids is 1.